The van der Waals surface area contributed by atoms with Crippen LogP contribution < -0.4 is 11.1 Å². The number of carbonyl (C=O) groups is 1. The predicted molar refractivity (Wildman–Crippen MR) is 112 cm³/mol. The van der Waals surface area contributed by atoms with E-state index in [2.05, 4.69) is 22.2 Å². The molecule has 0 aliphatic carbocycles. The molecule has 0 radical (unpaired) electrons. The summed E-state index contributed by atoms with van der Waals surface area (Å²) in [5.74, 6) is 0.800. The number of benzene rings is 2. The highest BCUT2D eigenvalue weighted by Gasteiger charge is 2.29. The Morgan fingerprint density at radius 1 is 1.15 bits per heavy atom. The fourth-order valence-electron chi connectivity index (χ4n) is 3.28. The van der Waals surface area contributed by atoms with Crippen molar-refractivity contribution in [2.75, 3.05) is 11.1 Å². The molecule has 2 aromatic carbocycles. The number of rotatable bonds is 3. The van der Waals surface area contributed by atoms with Crippen molar-refractivity contribution in [2.24, 2.45) is 10.7 Å². The van der Waals surface area contributed by atoms with E-state index in [0.29, 0.717) is 10.7 Å². The number of amides is 1. The SMILES string of the molecule is CC1(c2ccc(C(=O)Nc3cccc4ncccc34)cc2)CCSC(N)=N1. The summed E-state index contributed by atoms with van der Waals surface area (Å²) in [5.41, 5.74) is 8.85. The molecule has 27 heavy (non-hydrogen) atoms. The zero-order valence-corrected chi connectivity index (χ0v) is 15.8. The van der Waals surface area contributed by atoms with E-state index in [1.165, 1.54) is 0 Å². The number of anilines is 1. The lowest BCUT2D eigenvalue weighted by atomic mass is 9.89. The van der Waals surface area contributed by atoms with E-state index in [0.717, 1.165) is 34.3 Å². The van der Waals surface area contributed by atoms with E-state index in [4.69, 9.17) is 5.73 Å². The summed E-state index contributed by atoms with van der Waals surface area (Å²) in [5, 5.41) is 4.53. The Kier molecular flexibility index (Phi) is 4.58. The topological polar surface area (TPSA) is 80.4 Å². The number of carbonyl (C=O) groups excluding carboxylic acids is 1. The average molecular weight is 376 g/mol. The first-order valence-electron chi connectivity index (χ1n) is 8.79. The standard InChI is InChI=1S/C21H20N4OS/c1-21(11-13-27-20(22)25-21)15-9-7-14(8-10-15)19(26)24-18-6-2-5-17-16(18)4-3-12-23-17/h2-10,12H,11,13H2,1H3,(H2,22,25)(H,24,26). The third-order valence-electron chi connectivity index (χ3n) is 4.86. The van der Waals surface area contributed by atoms with Crippen LogP contribution in [-0.4, -0.2) is 21.8 Å². The van der Waals surface area contributed by atoms with Crippen LogP contribution in [-0.2, 0) is 5.54 Å². The molecule has 1 aliphatic heterocycles. The molecule has 1 atom stereocenters. The maximum atomic E-state index is 12.7. The second-order valence-corrected chi connectivity index (χ2v) is 7.84. The monoisotopic (exact) mass is 376 g/mol. The minimum Gasteiger partial charge on any atom is -0.379 e. The summed E-state index contributed by atoms with van der Waals surface area (Å²) in [6, 6.07) is 17.1. The highest BCUT2D eigenvalue weighted by Crippen LogP contribution is 2.35. The van der Waals surface area contributed by atoms with Crippen molar-refractivity contribution < 1.29 is 4.79 Å². The summed E-state index contributed by atoms with van der Waals surface area (Å²) in [6.45, 7) is 2.08. The van der Waals surface area contributed by atoms with E-state index >= 15 is 0 Å². The van der Waals surface area contributed by atoms with Crippen molar-refractivity contribution in [3.8, 4) is 0 Å². The maximum Gasteiger partial charge on any atom is 0.255 e. The molecule has 0 saturated carbocycles. The summed E-state index contributed by atoms with van der Waals surface area (Å²) in [4.78, 5) is 21.6. The number of nitrogens with two attached hydrogens (primary N) is 1. The Labute approximate surface area is 162 Å². The molecular weight excluding hydrogens is 356 g/mol. The lowest BCUT2D eigenvalue weighted by Gasteiger charge is -2.29. The highest BCUT2D eigenvalue weighted by molar-refractivity contribution is 8.13. The third kappa shape index (κ3) is 3.53. The molecular formula is C21H20N4OS. The highest BCUT2D eigenvalue weighted by atomic mass is 32.2. The summed E-state index contributed by atoms with van der Waals surface area (Å²) < 4.78 is 0. The lowest BCUT2D eigenvalue weighted by molar-refractivity contribution is 0.102. The van der Waals surface area contributed by atoms with Crippen molar-refractivity contribution in [2.45, 2.75) is 18.9 Å². The van der Waals surface area contributed by atoms with Gasteiger partial charge in [-0.15, -0.1) is 0 Å². The van der Waals surface area contributed by atoms with Crippen molar-refractivity contribution in [1.29, 1.82) is 0 Å². The van der Waals surface area contributed by atoms with Gasteiger partial charge in [-0.3, -0.25) is 14.8 Å². The van der Waals surface area contributed by atoms with Crippen LogP contribution in [0.3, 0.4) is 0 Å². The van der Waals surface area contributed by atoms with Gasteiger partial charge in [-0.1, -0.05) is 30.0 Å². The van der Waals surface area contributed by atoms with Crippen LogP contribution in [0.15, 0.2) is 65.8 Å². The maximum absolute atomic E-state index is 12.7. The second kappa shape index (κ2) is 7.04. The number of hydrogen-bond acceptors (Lipinski definition) is 5. The zero-order chi connectivity index (χ0) is 18.9. The number of hydrogen-bond donors (Lipinski definition) is 2. The minimum atomic E-state index is -0.328. The molecule has 0 saturated heterocycles. The normalized spacial score (nSPS) is 19.5. The third-order valence-corrected chi connectivity index (χ3v) is 5.65. The first kappa shape index (κ1) is 17.5. The fourth-order valence-corrected chi connectivity index (χ4v) is 4.26. The molecule has 0 spiro atoms. The Balaban J connectivity index is 1.57. The Bertz CT molecular complexity index is 1030. The molecule has 5 nitrogen and oxygen atoms in total. The van der Waals surface area contributed by atoms with Gasteiger partial charge in [0.25, 0.3) is 5.91 Å². The van der Waals surface area contributed by atoms with Crippen LogP contribution in [0.1, 0.15) is 29.3 Å². The summed E-state index contributed by atoms with van der Waals surface area (Å²) in [7, 11) is 0. The summed E-state index contributed by atoms with van der Waals surface area (Å²) in [6.07, 6.45) is 2.67. The van der Waals surface area contributed by atoms with Gasteiger partial charge in [-0.25, -0.2) is 0 Å². The number of pyridine rings is 1. The number of thioether (sulfide) groups is 1. The van der Waals surface area contributed by atoms with Gasteiger partial charge in [0, 0.05) is 22.9 Å². The summed E-state index contributed by atoms with van der Waals surface area (Å²) >= 11 is 1.58. The smallest absolute Gasteiger partial charge is 0.255 e. The van der Waals surface area contributed by atoms with Gasteiger partial charge in [-0.05, 0) is 55.3 Å². The second-order valence-electron chi connectivity index (χ2n) is 6.73. The van der Waals surface area contributed by atoms with Crippen LogP contribution in [0.5, 0.6) is 0 Å². The van der Waals surface area contributed by atoms with Crippen LogP contribution in [0.25, 0.3) is 10.9 Å². The molecule has 3 N–H and O–H groups in total. The largest absolute Gasteiger partial charge is 0.379 e. The Morgan fingerprint density at radius 2 is 1.96 bits per heavy atom. The molecule has 1 amide bonds. The predicted octanol–water partition coefficient (Wildman–Crippen LogP) is 4.15. The molecule has 0 fully saturated rings. The lowest BCUT2D eigenvalue weighted by Crippen LogP contribution is -2.28. The van der Waals surface area contributed by atoms with Crippen molar-refractivity contribution >= 4 is 39.4 Å². The molecule has 1 unspecified atom stereocenters. The number of nitrogens with zero attached hydrogens (tertiary/aromatic N) is 2. The van der Waals surface area contributed by atoms with Crippen LogP contribution in [0.4, 0.5) is 5.69 Å². The first-order valence-corrected chi connectivity index (χ1v) is 9.77. The molecule has 2 heterocycles. The molecule has 136 valence electrons. The van der Waals surface area contributed by atoms with Crippen LogP contribution in [0, 0.1) is 0 Å². The van der Waals surface area contributed by atoms with Crippen molar-refractivity contribution in [3.63, 3.8) is 0 Å². The molecule has 6 heteroatoms. The Morgan fingerprint density at radius 3 is 2.74 bits per heavy atom. The number of aliphatic imine (C=N–C) groups is 1. The van der Waals surface area contributed by atoms with E-state index in [-0.39, 0.29) is 11.4 Å². The van der Waals surface area contributed by atoms with E-state index in [1.807, 2.05) is 54.6 Å². The van der Waals surface area contributed by atoms with Crippen LogP contribution in [0.2, 0.25) is 0 Å². The van der Waals surface area contributed by atoms with Gasteiger partial charge in [0.05, 0.1) is 16.7 Å². The number of fused-ring (bicyclic) bond motifs is 1. The zero-order valence-electron chi connectivity index (χ0n) is 15.0. The number of nitrogens with one attached hydrogen (secondary N) is 1. The average Bonchev–Trinajstić information content (AvgIpc) is 2.68. The van der Waals surface area contributed by atoms with Gasteiger partial charge < -0.3 is 11.1 Å². The number of aromatic nitrogens is 1. The van der Waals surface area contributed by atoms with E-state index in [9.17, 15) is 4.79 Å². The Hall–Kier alpha value is -2.86. The quantitative estimate of drug-likeness (QED) is 0.719. The first-order chi connectivity index (χ1) is 13.0. The number of amidine groups is 1. The van der Waals surface area contributed by atoms with E-state index in [1.54, 1.807) is 18.0 Å². The van der Waals surface area contributed by atoms with Gasteiger partial charge in [0.1, 0.15) is 0 Å². The fraction of sp³-hybridized carbons (Fsp3) is 0.190. The van der Waals surface area contributed by atoms with Crippen LogP contribution >= 0.6 is 11.8 Å². The van der Waals surface area contributed by atoms with Gasteiger partial charge >= 0.3 is 0 Å². The van der Waals surface area contributed by atoms with E-state index < -0.39 is 0 Å². The molecule has 3 aromatic rings. The molecule has 1 aromatic heterocycles. The molecule has 1 aliphatic rings. The van der Waals surface area contributed by atoms with Crippen molar-refractivity contribution in [1.82, 2.24) is 4.98 Å². The van der Waals surface area contributed by atoms with Gasteiger partial charge in [0.2, 0.25) is 0 Å². The molecule has 4 rings (SSSR count). The molecule has 0 bridgehead atoms. The van der Waals surface area contributed by atoms with Gasteiger partial charge in [-0.2, -0.15) is 0 Å². The minimum absolute atomic E-state index is 0.148. The van der Waals surface area contributed by atoms with Gasteiger partial charge in [0.15, 0.2) is 5.17 Å². The van der Waals surface area contributed by atoms with Crippen molar-refractivity contribution in [3.05, 3.63) is 71.9 Å².